The molecule has 1 N–H and O–H groups in total. The molecule has 0 saturated carbocycles. The summed E-state index contributed by atoms with van der Waals surface area (Å²) in [5.41, 5.74) is 4.84. The van der Waals surface area contributed by atoms with E-state index in [0.717, 1.165) is 27.9 Å². The molecule has 0 aliphatic heterocycles. The van der Waals surface area contributed by atoms with Crippen molar-refractivity contribution in [3.8, 4) is 29.2 Å². The first kappa shape index (κ1) is 23.1. The number of carbonyl (C=O) groups is 1. The average Bonchev–Trinajstić information content (AvgIpc) is 3.37. The third-order valence-electron chi connectivity index (χ3n) is 5.88. The lowest BCUT2D eigenvalue weighted by Crippen LogP contribution is -2.31. The minimum atomic E-state index is -0.359. The number of halogens is 1. The second kappa shape index (κ2) is 9.40. The molecule has 4 aromatic rings. The first-order valence-electron chi connectivity index (χ1n) is 11.0. The van der Waals surface area contributed by atoms with Crippen molar-refractivity contribution >= 4 is 16.8 Å². The maximum atomic E-state index is 14.1. The summed E-state index contributed by atoms with van der Waals surface area (Å²) in [5, 5.41) is 12.5. The van der Waals surface area contributed by atoms with Crippen LogP contribution < -0.4 is 4.74 Å². The number of carbonyl (C=O) groups excluding carboxylic acids is 1. The summed E-state index contributed by atoms with van der Waals surface area (Å²) in [7, 11) is 3.45. The number of aryl methyl sites for hydroxylation is 2. The molecule has 0 spiro atoms. The Morgan fingerprint density at radius 2 is 2.09 bits per heavy atom. The Balaban J connectivity index is 1.51. The van der Waals surface area contributed by atoms with Crippen LogP contribution in [0.25, 0.3) is 22.0 Å². The zero-order valence-corrected chi connectivity index (χ0v) is 19.6. The van der Waals surface area contributed by atoms with Crippen LogP contribution >= 0.6 is 0 Å². The van der Waals surface area contributed by atoms with E-state index in [1.807, 2.05) is 32.0 Å². The van der Waals surface area contributed by atoms with E-state index in [2.05, 4.69) is 21.2 Å². The number of hydrogen-bond donors (Lipinski definition) is 1. The van der Waals surface area contributed by atoms with E-state index in [0.29, 0.717) is 29.8 Å². The first-order valence-corrected chi connectivity index (χ1v) is 11.0. The summed E-state index contributed by atoms with van der Waals surface area (Å²) in [6.07, 6.45) is 6.32. The standard InChI is InChI=1S/C26H26FN5O2/c1-6-19-23(7-2)32(5)30-25(19)26(33)31(4)12-13-34-24-11-9-18(27)15-21(24)17-8-10-22-20(14-17)16(3)28-29-22/h1,8-11,14-15H,7,12-13H2,2-5H3,(H,28,29). The molecular formula is C26H26FN5O2. The number of likely N-dealkylation sites (N-methyl/N-ethyl adjacent to an activating group) is 1. The van der Waals surface area contributed by atoms with Crippen LogP contribution in [0.5, 0.6) is 5.75 Å². The van der Waals surface area contributed by atoms with Gasteiger partial charge in [0.25, 0.3) is 5.91 Å². The molecule has 1 amide bonds. The van der Waals surface area contributed by atoms with E-state index >= 15 is 0 Å². The molecule has 0 fully saturated rings. The van der Waals surface area contributed by atoms with Gasteiger partial charge in [-0.3, -0.25) is 14.6 Å². The molecule has 2 aromatic carbocycles. The minimum Gasteiger partial charge on any atom is -0.491 e. The van der Waals surface area contributed by atoms with Gasteiger partial charge in [-0.2, -0.15) is 10.2 Å². The number of benzene rings is 2. The molecule has 2 heterocycles. The van der Waals surface area contributed by atoms with Gasteiger partial charge in [0.15, 0.2) is 5.69 Å². The number of terminal acetylenes is 1. The van der Waals surface area contributed by atoms with Gasteiger partial charge >= 0.3 is 0 Å². The molecule has 8 heteroatoms. The number of nitrogens with zero attached hydrogens (tertiary/aromatic N) is 4. The lowest BCUT2D eigenvalue weighted by molar-refractivity contribution is 0.0767. The monoisotopic (exact) mass is 459 g/mol. The normalized spacial score (nSPS) is 10.9. The van der Waals surface area contributed by atoms with Gasteiger partial charge in [0.2, 0.25) is 0 Å². The van der Waals surface area contributed by atoms with Crippen molar-refractivity contribution in [2.75, 3.05) is 20.2 Å². The van der Waals surface area contributed by atoms with Gasteiger partial charge in [-0.15, -0.1) is 6.42 Å². The van der Waals surface area contributed by atoms with Gasteiger partial charge in [0, 0.05) is 30.7 Å². The Labute approximate surface area is 197 Å². The quantitative estimate of drug-likeness (QED) is 0.422. The Morgan fingerprint density at radius 3 is 2.82 bits per heavy atom. The van der Waals surface area contributed by atoms with Gasteiger partial charge in [-0.25, -0.2) is 4.39 Å². The van der Waals surface area contributed by atoms with Crippen LogP contribution in [-0.4, -0.2) is 51.0 Å². The van der Waals surface area contributed by atoms with Gasteiger partial charge in [-0.05, 0) is 49.2 Å². The molecule has 174 valence electrons. The van der Waals surface area contributed by atoms with Crippen molar-refractivity contribution in [3.63, 3.8) is 0 Å². The van der Waals surface area contributed by atoms with E-state index in [1.165, 1.54) is 17.0 Å². The number of fused-ring (bicyclic) bond motifs is 1. The van der Waals surface area contributed by atoms with E-state index in [1.54, 1.807) is 24.8 Å². The molecule has 0 atom stereocenters. The van der Waals surface area contributed by atoms with Crippen molar-refractivity contribution in [3.05, 3.63) is 64.9 Å². The van der Waals surface area contributed by atoms with Crippen molar-refractivity contribution in [1.82, 2.24) is 24.9 Å². The SMILES string of the molecule is C#Cc1c(C(=O)N(C)CCOc2ccc(F)cc2-c2ccc3n[nH]c(C)c3c2)nn(C)c1CC. The van der Waals surface area contributed by atoms with Crippen LogP contribution in [0.4, 0.5) is 4.39 Å². The van der Waals surface area contributed by atoms with Crippen molar-refractivity contribution in [2.45, 2.75) is 20.3 Å². The highest BCUT2D eigenvalue weighted by Crippen LogP contribution is 2.33. The fourth-order valence-corrected chi connectivity index (χ4v) is 4.00. The minimum absolute atomic E-state index is 0.215. The van der Waals surface area contributed by atoms with Gasteiger partial charge in [0.1, 0.15) is 18.2 Å². The number of nitrogens with one attached hydrogen (secondary N) is 1. The summed E-state index contributed by atoms with van der Waals surface area (Å²) in [6, 6.07) is 10.1. The molecule has 4 rings (SSSR count). The summed E-state index contributed by atoms with van der Waals surface area (Å²) < 4.78 is 21.7. The molecule has 0 radical (unpaired) electrons. The zero-order chi connectivity index (χ0) is 24.4. The second-order valence-corrected chi connectivity index (χ2v) is 8.09. The number of rotatable bonds is 7. The topological polar surface area (TPSA) is 76.0 Å². The average molecular weight is 460 g/mol. The van der Waals surface area contributed by atoms with Crippen LogP contribution in [0.2, 0.25) is 0 Å². The highest BCUT2D eigenvalue weighted by Gasteiger charge is 2.22. The molecule has 0 aliphatic carbocycles. The van der Waals surface area contributed by atoms with Crippen LogP contribution in [0.3, 0.4) is 0 Å². The van der Waals surface area contributed by atoms with Gasteiger partial charge in [0.05, 0.1) is 23.3 Å². The molecule has 0 saturated heterocycles. The van der Waals surface area contributed by atoms with Crippen LogP contribution in [-0.2, 0) is 13.5 Å². The van der Waals surface area contributed by atoms with Crippen LogP contribution in [0.1, 0.15) is 34.4 Å². The molecule has 0 bridgehead atoms. The highest BCUT2D eigenvalue weighted by atomic mass is 19.1. The number of ether oxygens (including phenoxy) is 1. The van der Waals surface area contributed by atoms with Crippen LogP contribution in [0.15, 0.2) is 36.4 Å². The van der Waals surface area contributed by atoms with E-state index in [-0.39, 0.29) is 24.0 Å². The number of aromatic nitrogens is 4. The molecule has 34 heavy (non-hydrogen) atoms. The number of H-pyrrole nitrogens is 1. The second-order valence-electron chi connectivity index (χ2n) is 8.09. The van der Waals surface area contributed by atoms with Crippen LogP contribution in [0, 0.1) is 25.1 Å². The van der Waals surface area contributed by atoms with Crippen molar-refractivity contribution < 1.29 is 13.9 Å². The molecular weight excluding hydrogens is 433 g/mol. The molecule has 7 nitrogen and oxygen atoms in total. The van der Waals surface area contributed by atoms with E-state index in [4.69, 9.17) is 11.2 Å². The lowest BCUT2D eigenvalue weighted by Gasteiger charge is -2.18. The number of hydrogen-bond acceptors (Lipinski definition) is 4. The maximum Gasteiger partial charge on any atom is 0.275 e. The van der Waals surface area contributed by atoms with E-state index < -0.39 is 0 Å². The maximum absolute atomic E-state index is 14.1. The lowest BCUT2D eigenvalue weighted by atomic mass is 10.0. The molecule has 0 aliphatic rings. The third-order valence-corrected chi connectivity index (χ3v) is 5.88. The van der Waals surface area contributed by atoms with Gasteiger partial charge in [-0.1, -0.05) is 18.9 Å². The van der Waals surface area contributed by atoms with Crippen molar-refractivity contribution in [1.29, 1.82) is 0 Å². The summed E-state index contributed by atoms with van der Waals surface area (Å²) in [6.45, 7) is 4.42. The molecule has 0 unspecified atom stereocenters. The number of aromatic amines is 1. The first-order chi connectivity index (χ1) is 16.3. The smallest absolute Gasteiger partial charge is 0.275 e. The summed E-state index contributed by atoms with van der Waals surface area (Å²) >= 11 is 0. The van der Waals surface area contributed by atoms with Gasteiger partial charge < -0.3 is 9.64 Å². The molecule has 2 aromatic heterocycles. The van der Waals surface area contributed by atoms with Crippen molar-refractivity contribution in [2.24, 2.45) is 7.05 Å². The summed E-state index contributed by atoms with van der Waals surface area (Å²) in [5.74, 6) is 2.49. The Hall–Kier alpha value is -4.12. The van der Waals surface area contributed by atoms with E-state index in [9.17, 15) is 9.18 Å². The fraction of sp³-hybridized carbons (Fsp3) is 0.269. The highest BCUT2D eigenvalue weighted by molar-refractivity contribution is 5.95. The number of amides is 1. The summed E-state index contributed by atoms with van der Waals surface area (Å²) in [4.78, 5) is 14.5. The predicted octanol–water partition coefficient (Wildman–Crippen LogP) is 4.11. The Kier molecular flexibility index (Phi) is 6.37. The third kappa shape index (κ3) is 4.25. The Bertz CT molecular complexity index is 1410. The Morgan fingerprint density at radius 1 is 1.29 bits per heavy atom. The predicted molar refractivity (Wildman–Crippen MR) is 129 cm³/mol. The largest absolute Gasteiger partial charge is 0.491 e. The fourth-order valence-electron chi connectivity index (χ4n) is 4.00. The zero-order valence-electron chi connectivity index (χ0n) is 19.6.